The Morgan fingerprint density at radius 3 is 2.10 bits per heavy atom. The highest BCUT2D eigenvalue weighted by Gasteiger charge is 2.35. The predicted molar refractivity (Wildman–Crippen MR) is 80.2 cm³/mol. The van der Waals surface area contributed by atoms with Crippen molar-refractivity contribution in [3.63, 3.8) is 0 Å². The van der Waals surface area contributed by atoms with Gasteiger partial charge in [0, 0.05) is 5.02 Å². The van der Waals surface area contributed by atoms with Crippen molar-refractivity contribution >= 4 is 39.5 Å². The topological polar surface area (TPSA) is 52.6 Å². The van der Waals surface area contributed by atoms with E-state index in [-0.39, 0.29) is 13.2 Å². The Balaban J connectivity index is 3.04. The second-order valence-corrected chi connectivity index (χ2v) is 5.36. The van der Waals surface area contributed by atoms with Gasteiger partial charge in [0.2, 0.25) is 0 Å². The van der Waals surface area contributed by atoms with Gasteiger partial charge in [-0.25, -0.2) is 0 Å². The summed E-state index contributed by atoms with van der Waals surface area (Å²) in [5, 5.41) is 0.554. The van der Waals surface area contributed by atoms with Gasteiger partial charge >= 0.3 is 11.9 Å². The molecule has 0 heterocycles. The van der Waals surface area contributed by atoms with Gasteiger partial charge < -0.3 is 9.47 Å². The summed E-state index contributed by atoms with van der Waals surface area (Å²) in [5.41, 5.74) is 0.641. The van der Waals surface area contributed by atoms with Crippen molar-refractivity contribution in [3.8, 4) is 0 Å². The van der Waals surface area contributed by atoms with Crippen LogP contribution in [0.4, 0.5) is 0 Å². The number of benzene rings is 1. The Bertz CT molecular complexity index is 461. The third kappa shape index (κ3) is 4.49. The normalized spacial score (nSPS) is 13.4. The first-order chi connectivity index (χ1) is 9.51. The lowest BCUT2D eigenvalue weighted by molar-refractivity contribution is -0.150. The third-order valence-corrected chi connectivity index (χ3v) is 3.73. The molecule has 0 aliphatic rings. The summed E-state index contributed by atoms with van der Waals surface area (Å²) in [6.07, 6.45) is 0. The molecule has 0 saturated carbocycles. The summed E-state index contributed by atoms with van der Waals surface area (Å²) in [5.74, 6) is -1.75. The molecule has 0 spiro atoms. The van der Waals surface area contributed by atoms with Crippen molar-refractivity contribution in [1.29, 1.82) is 0 Å². The zero-order chi connectivity index (χ0) is 15.1. The fourth-order valence-corrected chi connectivity index (χ4v) is 2.46. The molecule has 0 bridgehead atoms. The van der Waals surface area contributed by atoms with Crippen LogP contribution in [0.5, 0.6) is 0 Å². The molecule has 110 valence electrons. The molecule has 0 aliphatic heterocycles. The van der Waals surface area contributed by atoms with Crippen LogP contribution in [0.3, 0.4) is 0 Å². The Morgan fingerprint density at radius 2 is 1.60 bits per heavy atom. The monoisotopic (exact) mass is 362 g/mol. The van der Waals surface area contributed by atoms with E-state index in [1.54, 1.807) is 38.1 Å². The Labute approximate surface area is 131 Å². The highest BCUT2D eigenvalue weighted by Crippen LogP contribution is 2.28. The zero-order valence-electron chi connectivity index (χ0n) is 11.3. The van der Waals surface area contributed by atoms with Crippen molar-refractivity contribution in [2.24, 2.45) is 0 Å². The van der Waals surface area contributed by atoms with E-state index in [1.807, 2.05) is 0 Å². The number of ether oxygens (including phenoxy) is 2. The maximum absolute atomic E-state index is 12.1. The van der Waals surface area contributed by atoms with Crippen LogP contribution >= 0.6 is 27.5 Å². The molecule has 20 heavy (non-hydrogen) atoms. The summed E-state index contributed by atoms with van der Waals surface area (Å²) in [7, 11) is 0. The fraction of sp³-hybridized carbons (Fsp3) is 0.429. The minimum absolute atomic E-state index is 0.242. The lowest BCUT2D eigenvalue weighted by atomic mass is 9.96. The van der Waals surface area contributed by atoms with Gasteiger partial charge in [-0.15, -0.1) is 0 Å². The Morgan fingerprint density at radius 1 is 1.10 bits per heavy atom. The Kier molecular flexibility index (Phi) is 7.02. The zero-order valence-corrected chi connectivity index (χ0v) is 13.6. The maximum atomic E-state index is 12.1. The molecule has 0 saturated heterocycles. The average Bonchev–Trinajstić information content (AvgIpc) is 2.41. The molecule has 0 radical (unpaired) electrons. The van der Waals surface area contributed by atoms with Crippen LogP contribution < -0.4 is 0 Å². The van der Waals surface area contributed by atoms with Gasteiger partial charge in [-0.2, -0.15) is 0 Å². The minimum atomic E-state index is -0.803. The largest absolute Gasteiger partial charge is 0.465 e. The number of alkyl halides is 1. The van der Waals surface area contributed by atoms with Gasteiger partial charge in [-0.3, -0.25) is 9.59 Å². The number of carbonyl (C=O) groups is 2. The van der Waals surface area contributed by atoms with Crippen LogP contribution in [-0.4, -0.2) is 30.0 Å². The first kappa shape index (κ1) is 17.0. The molecular formula is C14H16BrClO4. The fourth-order valence-electron chi connectivity index (χ4n) is 1.68. The maximum Gasteiger partial charge on any atom is 0.320 e. The standard InChI is InChI=1S/C14H16BrClO4/c1-3-19-13(17)11(12(15)14(18)20-4-2)9-5-7-10(16)8-6-9/h5-8,11-12H,3-4H2,1-2H3/t11-,12-/m1/s1. The second kappa shape index (κ2) is 8.27. The number of esters is 2. The van der Waals surface area contributed by atoms with E-state index in [2.05, 4.69) is 15.9 Å². The third-order valence-electron chi connectivity index (χ3n) is 2.57. The summed E-state index contributed by atoms with van der Waals surface area (Å²) in [4.78, 5) is 23.1. The van der Waals surface area contributed by atoms with E-state index in [9.17, 15) is 9.59 Å². The molecule has 0 N–H and O–H groups in total. The molecule has 0 aliphatic carbocycles. The van der Waals surface area contributed by atoms with Crippen LogP contribution in [0.1, 0.15) is 25.3 Å². The molecule has 1 rings (SSSR count). The van der Waals surface area contributed by atoms with Crippen LogP contribution in [0.15, 0.2) is 24.3 Å². The van der Waals surface area contributed by atoms with Gasteiger partial charge in [0.1, 0.15) is 10.7 Å². The molecule has 1 aromatic rings. The molecule has 1 aromatic carbocycles. The van der Waals surface area contributed by atoms with E-state index in [0.717, 1.165) is 0 Å². The molecule has 0 amide bonds. The number of hydrogen-bond donors (Lipinski definition) is 0. The van der Waals surface area contributed by atoms with Crippen molar-refractivity contribution in [3.05, 3.63) is 34.9 Å². The van der Waals surface area contributed by atoms with E-state index in [4.69, 9.17) is 21.1 Å². The average molecular weight is 364 g/mol. The van der Waals surface area contributed by atoms with Crippen LogP contribution in [0, 0.1) is 0 Å². The predicted octanol–water partition coefficient (Wildman–Crippen LogP) is 3.31. The highest BCUT2D eigenvalue weighted by molar-refractivity contribution is 9.10. The van der Waals surface area contributed by atoms with Gasteiger partial charge in [0.05, 0.1) is 13.2 Å². The summed E-state index contributed by atoms with van der Waals surface area (Å²) in [6, 6.07) is 6.71. The van der Waals surface area contributed by atoms with Crippen LogP contribution in [0.25, 0.3) is 0 Å². The van der Waals surface area contributed by atoms with Gasteiger partial charge in [0.15, 0.2) is 0 Å². The molecule has 0 unspecified atom stereocenters. The number of carbonyl (C=O) groups excluding carboxylic acids is 2. The summed E-state index contributed by atoms with van der Waals surface area (Å²) < 4.78 is 9.97. The number of halogens is 2. The van der Waals surface area contributed by atoms with Crippen LogP contribution in [-0.2, 0) is 19.1 Å². The minimum Gasteiger partial charge on any atom is -0.465 e. The second-order valence-electron chi connectivity index (χ2n) is 3.94. The first-order valence-electron chi connectivity index (χ1n) is 6.24. The van der Waals surface area contributed by atoms with Crippen molar-refractivity contribution in [2.75, 3.05) is 13.2 Å². The SMILES string of the molecule is CCOC(=O)[C@H](c1ccc(Cl)cc1)[C@@H](Br)C(=O)OCC. The molecule has 2 atom stereocenters. The number of hydrogen-bond acceptors (Lipinski definition) is 4. The van der Waals surface area contributed by atoms with Gasteiger partial charge in [-0.05, 0) is 31.5 Å². The van der Waals surface area contributed by atoms with Gasteiger partial charge in [-0.1, -0.05) is 39.7 Å². The van der Waals surface area contributed by atoms with E-state index < -0.39 is 22.7 Å². The van der Waals surface area contributed by atoms with E-state index in [1.165, 1.54) is 0 Å². The molecule has 4 nitrogen and oxygen atoms in total. The lowest BCUT2D eigenvalue weighted by Gasteiger charge is -2.20. The quantitative estimate of drug-likeness (QED) is 0.575. The number of rotatable bonds is 6. The first-order valence-corrected chi connectivity index (χ1v) is 7.53. The molecule has 0 aromatic heterocycles. The molecular weight excluding hydrogens is 348 g/mol. The van der Waals surface area contributed by atoms with E-state index >= 15 is 0 Å². The molecule has 6 heteroatoms. The van der Waals surface area contributed by atoms with Crippen LogP contribution in [0.2, 0.25) is 5.02 Å². The lowest BCUT2D eigenvalue weighted by Crippen LogP contribution is -2.31. The van der Waals surface area contributed by atoms with E-state index in [0.29, 0.717) is 10.6 Å². The summed E-state index contributed by atoms with van der Waals surface area (Å²) in [6.45, 7) is 3.91. The van der Waals surface area contributed by atoms with Crippen molar-refractivity contribution in [1.82, 2.24) is 0 Å². The molecule has 0 fully saturated rings. The summed E-state index contributed by atoms with van der Waals surface area (Å²) >= 11 is 9.06. The Hall–Kier alpha value is -1.07. The highest BCUT2D eigenvalue weighted by atomic mass is 79.9. The van der Waals surface area contributed by atoms with Crippen molar-refractivity contribution in [2.45, 2.75) is 24.6 Å². The van der Waals surface area contributed by atoms with Crippen molar-refractivity contribution < 1.29 is 19.1 Å². The van der Waals surface area contributed by atoms with Gasteiger partial charge in [0.25, 0.3) is 0 Å². The smallest absolute Gasteiger partial charge is 0.320 e.